The van der Waals surface area contributed by atoms with Crippen molar-refractivity contribution in [3.05, 3.63) is 87.9 Å². The van der Waals surface area contributed by atoms with Gasteiger partial charge in [0.05, 0.1) is 33.2 Å². The van der Waals surface area contributed by atoms with E-state index >= 15 is 0 Å². The highest BCUT2D eigenvalue weighted by molar-refractivity contribution is 6.45. The molecule has 3 amide bonds. The first-order valence-electron chi connectivity index (χ1n) is 10.3. The summed E-state index contributed by atoms with van der Waals surface area (Å²) in [6, 6.07) is 15.3. The van der Waals surface area contributed by atoms with E-state index in [1.807, 2.05) is 5.43 Å². The monoisotopic (exact) mass is 552 g/mol. The molecule has 0 aliphatic carbocycles. The van der Waals surface area contributed by atoms with Crippen molar-refractivity contribution < 1.29 is 32.3 Å². The van der Waals surface area contributed by atoms with Gasteiger partial charge in [-0.2, -0.15) is 18.3 Å². The van der Waals surface area contributed by atoms with Crippen LogP contribution < -0.4 is 20.8 Å². The number of para-hydroxylation sites is 2. The Labute approximate surface area is 218 Å². The lowest BCUT2D eigenvalue weighted by Gasteiger charge is -2.14. The Hall–Kier alpha value is -4.09. The Bertz CT molecular complexity index is 1350. The first-order valence-corrected chi connectivity index (χ1v) is 11.1. The zero-order valence-electron chi connectivity index (χ0n) is 18.6. The summed E-state index contributed by atoms with van der Waals surface area (Å²) in [5.41, 5.74) is 1.08. The number of amides is 3. The molecule has 37 heavy (non-hydrogen) atoms. The number of carbonyl (C=O) groups is 3. The minimum absolute atomic E-state index is 0.0609. The number of halogens is 5. The predicted molar refractivity (Wildman–Crippen MR) is 133 cm³/mol. The maximum absolute atomic E-state index is 13.1. The molecule has 0 atom stereocenters. The van der Waals surface area contributed by atoms with Crippen molar-refractivity contribution in [3.63, 3.8) is 0 Å². The van der Waals surface area contributed by atoms with Crippen molar-refractivity contribution in [3.8, 4) is 5.75 Å². The molecule has 0 heterocycles. The van der Waals surface area contributed by atoms with E-state index in [0.29, 0.717) is 5.56 Å². The molecule has 0 saturated heterocycles. The summed E-state index contributed by atoms with van der Waals surface area (Å²) >= 11 is 11.8. The van der Waals surface area contributed by atoms with Crippen molar-refractivity contribution >= 4 is 58.5 Å². The lowest BCUT2D eigenvalue weighted by molar-refractivity contribution is -0.137. The summed E-state index contributed by atoms with van der Waals surface area (Å²) in [5, 5.41) is 8.40. The van der Waals surface area contributed by atoms with Crippen LogP contribution in [0, 0.1) is 0 Å². The van der Waals surface area contributed by atoms with E-state index in [4.69, 9.17) is 27.9 Å². The van der Waals surface area contributed by atoms with Crippen molar-refractivity contribution in [2.45, 2.75) is 6.18 Å². The highest BCUT2D eigenvalue weighted by atomic mass is 35.5. The van der Waals surface area contributed by atoms with Gasteiger partial charge >= 0.3 is 18.0 Å². The number of hydrogen-bond acceptors (Lipinski definition) is 5. The average Bonchev–Trinajstić information content (AvgIpc) is 2.85. The first kappa shape index (κ1) is 27.5. The van der Waals surface area contributed by atoms with Crippen molar-refractivity contribution in [2.75, 3.05) is 17.2 Å². The molecular weight excluding hydrogens is 536 g/mol. The van der Waals surface area contributed by atoms with Crippen LogP contribution in [0.2, 0.25) is 10.0 Å². The van der Waals surface area contributed by atoms with Gasteiger partial charge in [0.2, 0.25) is 0 Å². The Morgan fingerprint density at radius 2 is 1.54 bits per heavy atom. The van der Waals surface area contributed by atoms with Gasteiger partial charge in [-0.3, -0.25) is 14.4 Å². The number of rotatable bonds is 7. The number of hydrogen-bond donors (Lipinski definition) is 3. The Balaban J connectivity index is 1.58. The lowest BCUT2D eigenvalue weighted by Crippen LogP contribution is -2.32. The van der Waals surface area contributed by atoms with Crippen molar-refractivity contribution in [1.82, 2.24) is 5.43 Å². The molecule has 0 unspecified atom stereocenters. The van der Waals surface area contributed by atoms with Crippen LogP contribution in [0.4, 0.5) is 24.5 Å². The van der Waals surface area contributed by atoms with Gasteiger partial charge in [-0.25, -0.2) is 5.43 Å². The van der Waals surface area contributed by atoms with Gasteiger partial charge < -0.3 is 15.4 Å². The van der Waals surface area contributed by atoms with Gasteiger partial charge in [0.1, 0.15) is 5.75 Å². The van der Waals surface area contributed by atoms with E-state index in [1.54, 1.807) is 12.1 Å². The molecule has 3 rings (SSSR count). The number of hydrazone groups is 1. The molecule has 13 heteroatoms. The molecule has 0 bridgehead atoms. The van der Waals surface area contributed by atoms with E-state index in [0.717, 1.165) is 18.3 Å². The molecule has 0 spiro atoms. The van der Waals surface area contributed by atoms with E-state index in [9.17, 15) is 27.6 Å². The lowest BCUT2D eigenvalue weighted by atomic mass is 10.1. The van der Waals surface area contributed by atoms with Gasteiger partial charge in [0.15, 0.2) is 6.61 Å². The zero-order chi connectivity index (χ0) is 27.0. The minimum Gasteiger partial charge on any atom is -0.483 e. The summed E-state index contributed by atoms with van der Waals surface area (Å²) < 4.78 is 44.7. The third-order valence-electron chi connectivity index (χ3n) is 4.56. The van der Waals surface area contributed by atoms with Gasteiger partial charge in [0, 0.05) is 5.56 Å². The standard InChI is InChI=1S/C24H17Cl2F3N4O4/c25-16-8-5-10-18(21(16)26)32-22(35)23(36)33-30-12-14-6-1-4-11-19(14)37-13-20(34)31-17-9-3-2-7-15(17)24(27,28)29/h1-12H,13H2,(H,31,34)(H,32,35)(H,33,36)/b30-12-. The average molecular weight is 553 g/mol. The number of nitrogens with zero attached hydrogens (tertiary/aromatic N) is 1. The van der Waals surface area contributed by atoms with Crippen LogP contribution in [0.3, 0.4) is 0 Å². The maximum atomic E-state index is 13.1. The topological polar surface area (TPSA) is 109 Å². The predicted octanol–water partition coefficient (Wildman–Crippen LogP) is 5.12. The van der Waals surface area contributed by atoms with E-state index in [1.165, 1.54) is 42.5 Å². The van der Waals surface area contributed by atoms with Crippen LogP contribution in [-0.2, 0) is 20.6 Å². The second kappa shape index (κ2) is 12.2. The van der Waals surface area contributed by atoms with E-state index in [-0.39, 0.29) is 21.5 Å². The first-order chi connectivity index (χ1) is 17.6. The number of nitrogens with one attached hydrogen (secondary N) is 3. The Morgan fingerprint density at radius 3 is 2.30 bits per heavy atom. The highest BCUT2D eigenvalue weighted by Crippen LogP contribution is 2.34. The van der Waals surface area contributed by atoms with Gasteiger partial charge in [-0.1, -0.05) is 53.5 Å². The largest absolute Gasteiger partial charge is 0.483 e. The van der Waals surface area contributed by atoms with Crippen LogP contribution in [0.5, 0.6) is 5.75 Å². The van der Waals surface area contributed by atoms with Crippen LogP contribution in [0.15, 0.2) is 71.8 Å². The summed E-state index contributed by atoms with van der Waals surface area (Å²) in [7, 11) is 0. The number of ether oxygens (including phenoxy) is 1. The molecule has 3 aromatic rings. The summed E-state index contributed by atoms with van der Waals surface area (Å²) in [6.45, 7) is -0.605. The molecule has 0 saturated carbocycles. The van der Waals surface area contributed by atoms with Crippen molar-refractivity contribution in [1.29, 1.82) is 0 Å². The SMILES string of the molecule is O=C(COc1ccccc1/C=N\NC(=O)C(=O)Nc1cccc(Cl)c1Cl)Nc1ccccc1C(F)(F)F. The molecule has 0 aromatic heterocycles. The van der Waals surface area contributed by atoms with E-state index < -0.39 is 41.8 Å². The fourth-order valence-electron chi connectivity index (χ4n) is 2.88. The fourth-order valence-corrected chi connectivity index (χ4v) is 3.23. The molecule has 0 aliphatic rings. The van der Waals surface area contributed by atoms with Crippen LogP contribution in [0.25, 0.3) is 0 Å². The molecule has 3 aromatic carbocycles. The molecule has 0 fully saturated rings. The third kappa shape index (κ3) is 7.69. The summed E-state index contributed by atoms with van der Waals surface area (Å²) in [6.07, 6.45) is -3.49. The van der Waals surface area contributed by atoms with Crippen molar-refractivity contribution in [2.24, 2.45) is 5.10 Å². The smallest absolute Gasteiger partial charge is 0.418 e. The van der Waals surface area contributed by atoms with Gasteiger partial charge in [0.25, 0.3) is 5.91 Å². The zero-order valence-corrected chi connectivity index (χ0v) is 20.1. The molecule has 3 N–H and O–H groups in total. The van der Waals surface area contributed by atoms with Crippen LogP contribution in [-0.4, -0.2) is 30.5 Å². The highest BCUT2D eigenvalue weighted by Gasteiger charge is 2.33. The molecule has 192 valence electrons. The second-order valence-electron chi connectivity index (χ2n) is 7.17. The Morgan fingerprint density at radius 1 is 0.865 bits per heavy atom. The van der Waals surface area contributed by atoms with E-state index in [2.05, 4.69) is 15.7 Å². The number of alkyl halides is 3. The van der Waals surface area contributed by atoms with Gasteiger partial charge in [-0.15, -0.1) is 0 Å². The molecular formula is C24H17Cl2F3N4O4. The normalized spacial score (nSPS) is 11.2. The van der Waals surface area contributed by atoms with Crippen LogP contribution in [0.1, 0.15) is 11.1 Å². The number of benzene rings is 3. The molecule has 0 radical (unpaired) electrons. The molecule has 8 nitrogen and oxygen atoms in total. The Kier molecular flexibility index (Phi) is 9.10. The quantitative estimate of drug-likeness (QED) is 0.215. The fraction of sp³-hybridized carbons (Fsp3) is 0.0833. The maximum Gasteiger partial charge on any atom is 0.418 e. The number of anilines is 2. The third-order valence-corrected chi connectivity index (χ3v) is 5.38. The summed E-state index contributed by atoms with van der Waals surface area (Å²) in [5.74, 6) is -2.84. The number of carbonyl (C=O) groups excluding carboxylic acids is 3. The summed E-state index contributed by atoms with van der Waals surface area (Å²) in [4.78, 5) is 36.3. The molecule has 0 aliphatic heterocycles. The van der Waals surface area contributed by atoms with Gasteiger partial charge in [-0.05, 0) is 36.4 Å². The second-order valence-corrected chi connectivity index (χ2v) is 7.96. The van der Waals surface area contributed by atoms with Crippen LogP contribution >= 0.6 is 23.2 Å². The minimum atomic E-state index is -4.64.